The van der Waals surface area contributed by atoms with Gasteiger partial charge in [0.25, 0.3) is 0 Å². The summed E-state index contributed by atoms with van der Waals surface area (Å²) >= 11 is 0. The van der Waals surface area contributed by atoms with E-state index in [2.05, 4.69) is 5.32 Å². The summed E-state index contributed by atoms with van der Waals surface area (Å²) in [5.41, 5.74) is 0.609. The molecular weight excluding hydrogens is 307 g/mol. The lowest BCUT2D eigenvalue weighted by atomic mass is 10.2. The second kappa shape index (κ2) is 8.03. The van der Waals surface area contributed by atoms with Crippen molar-refractivity contribution in [2.45, 2.75) is 6.61 Å². The first kappa shape index (κ1) is 16.6. The lowest BCUT2D eigenvalue weighted by Gasteiger charge is -2.05. The van der Waals surface area contributed by atoms with E-state index in [1.807, 2.05) is 30.3 Å². The van der Waals surface area contributed by atoms with E-state index in [0.29, 0.717) is 6.07 Å². The molecule has 0 heterocycles. The van der Waals surface area contributed by atoms with Crippen molar-refractivity contribution in [2.75, 3.05) is 6.54 Å². The highest BCUT2D eigenvalue weighted by Gasteiger charge is 2.08. The number of carbonyl (C=O) groups is 1. The maximum Gasteiger partial charge on any atom is 0.407 e. The van der Waals surface area contributed by atoms with E-state index in [1.54, 1.807) is 0 Å². The maximum absolute atomic E-state index is 13.4. The predicted molar refractivity (Wildman–Crippen MR) is 80.0 cm³/mol. The Balaban J connectivity index is 1.79. The first-order valence-electron chi connectivity index (χ1n) is 6.82. The van der Waals surface area contributed by atoms with Crippen molar-refractivity contribution in [3.8, 4) is 0 Å². The van der Waals surface area contributed by atoms with E-state index >= 15 is 0 Å². The molecule has 2 aromatic rings. The van der Waals surface area contributed by atoms with Crippen LogP contribution in [0.5, 0.6) is 0 Å². The number of amides is 1. The molecule has 23 heavy (non-hydrogen) atoms. The Labute approximate surface area is 131 Å². The zero-order valence-corrected chi connectivity index (χ0v) is 12.1. The molecule has 2 aromatic carbocycles. The van der Waals surface area contributed by atoms with E-state index in [-0.39, 0.29) is 18.7 Å². The molecule has 0 saturated carbocycles. The normalized spacial score (nSPS) is 10.7. The van der Waals surface area contributed by atoms with Gasteiger partial charge in [0.15, 0.2) is 11.6 Å². The zero-order valence-electron chi connectivity index (χ0n) is 12.1. The Morgan fingerprint density at radius 1 is 1.13 bits per heavy atom. The SMILES string of the molecule is O=C(NCC=Cc1cc(F)cc(F)c1F)OCc1ccccc1. The van der Waals surface area contributed by atoms with Crippen LogP contribution < -0.4 is 5.32 Å². The van der Waals surface area contributed by atoms with Crippen molar-refractivity contribution in [1.29, 1.82) is 0 Å². The quantitative estimate of drug-likeness (QED) is 0.844. The molecule has 0 aliphatic rings. The molecule has 0 atom stereocenters. The van der Waals surface area contributed by atoms with Gasteiger partial charge >= 0.3 is 6.09 Å². The molecule has 0 bridgehead atoms. The van der Waals surface area contributed by atoms with Crippen LogP contribution in [0.25, 0.3) is 6.08 Å². The Morgan fingerprint density at radius 3 is 2.61 bits per heavy atom. The number of carbonyl (C=O) groups excluding carboxylic acids is 1. The van der Waals surface area contributed by atoms with Crippen LogP contribution >= 0.6 is 0 Å². The molecule has 120 valence electrons. The van der Waals surface area contributed by atoms with Crippen LogP contribution in [0.3, 0.4) is 0 Å². The lowest BCUT2D eigenvalue weighted by molar-refractivity contribution is 0.141. The molecule has 0 fully saturated rings. The van der Waals surface area contributed by atoms with Crippen molar-refractivity contribution >= 4 is 12.2 Å². The summed E-state index contributed by atoms with van der Waals surface area (Å²) in [4.78, 5) is 11.4. The summed E-state index contributed by atoms with van der Waals surface area (Å²) in [6.07, 6.45) is 1.89. The summed E-state index contributed by atoms with van der Waals surface area (Å²) < 4.78 is 44.3. The average Bonchev–Trinajstić information content (AvgIpc) is 2.54. The summed E-state index contributed by atoms with van der Waals surface area (Å²) in [6, 6.07) is 10.5. The third kappa shape index (κ3) is 5.18. The van der Waals surface area contributed by atoms with Gasteiger partial charge in [-0.15, -0.1) is 0 Å². The fourth-order valence-corrected chi connectivity index (χ4v) is 1.80. The molecule has 3 nitrogen and oxygen atoms in total. The molecule has 2 rings (SSSR count). The maximum atomic E-state index is 13.4. The fraction of sp³-hybridized carbons (Fsp3) is 0.118. The van der Waals surface area contributed by atoms with Gasteiger partial charge in [-0.2, -0.15) is 0 Å². The molecule has 0 spiro atoms. The molecule has 0 radical (unpaired) electrons. The largest absolute Gasteiger partial charge is 0.445 e. The number of nitrogens with one attached hydrogen (secondary N) is 1. The number of rotatable bonds is 5. The standard InChI is InChI=1S/C17H14F3NO2/c18-14-9-13(16(20)15(19)10-14)7-4-8-21-17(22)23-11-12-5-2-1-3-6-12/h1-7,9-10H,8,11H2,(H,21,22). The van der Waals surface area contributed by atoms with Crippen LogP contribution in [-0.2, 0) is 11.3 Å². The summed E-state index contributed by atoms with van der Waals surface area (Å²) in [5.74, 6) is -3.28. The van der Waals surface area contributed by atoms with Crippen molar-refractivity contribution in [3.05, 3.63) is 77.1 Å². The zero-order chi connectivity index (χ0) is 16.7. The summed E-state index contributed by atoms with van der Waals surface area (Å²) in [5, 5.41) is 2.41. The van der Waals surface area contributed by atoms with Gasteiger partial charge in [0.1, 0.15) is 12.4 Å². The highest BCUT2D eigenvalue weighted by Crippen LogP contribution is 2.15. The number of ether oxygens (including phenoxy) is 1. The summed E-state index contributed by atoms with van der Waals surface area (Å²) in [6.45, 7) is 0.158. The summed E-state index contributed by atoms with van der Waals surface area (Å²) in [7, 11) is 0. The van der Waals surface area contributed by atoms with Crippen LogP contribution in [0.4, 0.5) is 18.0 Å². The van der Waals surface area contributed by atoms with E-state index in [1.165, 1.54) is 12.2 Å². The third-order valence-corrected chi connectivity index (χ3v) is 2.90. The molecule has 0 unspecified atom stereocenters. The second-order valence-electron chi connectivity index (χ2n) is 4.64. The topological polar surface area (TPSA) is 38.3 Å². The van der Waals surface area contributed by atoms with E-state index in [4.69, 9.17) is 4.74 Å². The van der Waals surface area contributed by atoms with Crippen molar-refractivity contribution in [2.24, 2.45) is 0 Å². The number of hydrogen-bond donors (Lipinski definition) is 1. The molecule has 0 aliphatic carbocycles. The van der Waals surface area contributed by atoms with Gasteiger partial charge in [-0.05, 0) is 11.6 Å². The van der Waals surface area contributed by atoms with Crippen LogP contribution in [-0.4, -0.2) is 12.6 Å². The van der Waals surface area contributed by atoms with Gasteiger partial charge < -0.3 is 10.1 Å². The number of alkyl carbamates (subject to hydrolysis) is 1. The first-order chi connectivity index (χ1) is 11.1. The van der Waals surface area contributed by atoms with Gasteiger partial charge in [-0.25, -0.2) is 18.0 Å². The van der Waals surface area contributed by atoms with Gasteiger partial charge in [0.2, 0.25) is 0 Å². The number of halogens is 3. The molecule has 0 aromatic heterocycles. The van der Waals surface area contributed by atoms with Gasteiger partial charge in [-0.1, -0.05) is 42.5 Å². The number of hydrogen-bond acceptors (Lipinski definition) is 2. The van der Waals surface area contributed by atoms with Crippen LogP contribution in [0.2, 0.25) is 0 Å². The first-order valence-corrected chi connectivity index (χ1v) is 6.82. The molecular formula is C17H14F3NO2. The second-order valence-corrected chi connectivity index (χ2v) is 4.64. The third-order valence-electron chi connectivity index (χ3n) is 2.90. The van der Waals surface area contributed by atoms with E-state index in [0.717, 1.165) is 11.6 Å². The minimum Gasteiger partial charge on any atom is -0.445 e. The lowest BCUT2D eigenvalue weighted by Crippen LogP contribution is -2.24. The van der Waals surface area contributed by atoms with Crippen molar-refractivity contribution in [1.82, 2.24) is 5.32 Å². The Kier molecular flexibility index (Phi) is 5.80. The van der Waals surface area contributed by atoms with Crippen LogP contribution in [0.1, 0.15) is 11.1 Å². The fourth-order valence-electron chi connectivity index (χ4n) is 1.80. The van der Waals surface area contributed by atoms with Gasteiger partial charge in [0.05, 0.1) is 0 Å². The van der Waals surface area contributed by atoms with Crippen molar-refractivity contribution < 1.29 is 22.7 Å². The Hall–Kier alpha value is -2.76. The van der Waals surface area contributed by atoms with Crippen molar-refractivity contribution in [3.63, 3.8) is 0 Å². The molecule has 1 amide bonds. The minimum absolute atomic E-state index is 0.0329. The van der Waals surface area contributed by atoms with Gasteiger partial charge in [0, 0.05) is 18.2 Å². The predicted octanol–water partition coefficient (Wildman–Crippen LogP) is 4.04. The molecule has 1 N–H and O–H groups in total. The Morgan fingerprint density at radius 2 is 1.87 bits per heavy atom. The van der Waals surface area contributed by atoms with E-state index in [9.17, 15) is 18.0 Å². The van der Waals surface area contributed by atoms with E-state index < -0.39 is 23.5 Å². The Bertz CT molecular complexity index is 702. The smallest absolute Gasteiger partial charge is 0.407 e. The highest BCUT2D eigenvalue weighted by atomic mass is 19.2. The highest BCUT2D eigenvalue weighted by molar-refractivity contribution is 5.67. The number of benzene rings is 2. The molecule has 6 heteroatoms. The van der Waals surface area contributed by atoms with Crippen LogP contribution in [0, 0.1) is 17.5 Å². The average molecular weight is 321 g/mol. The molecule has 0 saturated heterocycles. The van der Waals surface area contributed by atoms with Crippen LogP contribution in [0.15, 0.2) is 48.5 Å². The molecule has 0 aliphatic heterocycles. The minimum atomic E-state index is -1.26. The van der Waals surface area contributed by atoms with Gasteiger partial charge in [-0.3, -0.25) is 0 Å². The monoisotopic (exact) mass is 321 g/mol.